The molecule has 0 spiro atoms. The Balaban J connectivity index is 3.27. The Morgan fingerprint density at radius 3 is 2.45 bits per heavy atom. The van der Waals surface area contributed by atoms with Crippen molar-refractivity contribution in [1.29, 1.82) is 0 Å². The van der Waals surface area contributed by atoms with Crippen molar-refractivity contribution in [3.63, 3.8) is 0 Å². The van der Waals surface area contributed by atoms with Gasteiger partial charge in [0.25, 0.3) is 5.91 Å². The number of hydrogen-bond acceptors (Lipinski definition) is 4. The zero-order valence-electron chi connectivity index (χ0n) is 10.7. The first kappa shape index (κ1) is 16.4. The van der Waals surface area contributed by atoms with Gasteiger partial charge in [-0.2, -0.15) is 0 Å². The zero-order chi connectivity index (χ0) is 15.4. The second-order valence-electron chi connectivity index (χ2n) is 4.01. The van der Waals surface area contributed by atoms with E-state index in [2.05, 4.69) is 0 Å². The van der Waals surface area contributed by atoms with E-state index in [-0.39, 0.29) is 22.2 Å². The molecule has 0 aliphatic carbocycles. The molecule has 0 heterocycles. The summed E-state index contributed by atoms with van der Waals surface area (Å²) in [6, 6.07) is 4.01. The number of halogens is 1. The number of carboxylic acid groups (broad SMARTS) is 1. The van der Waals surface area contributed by atoms with Crippen molar-refractivity contribution in [3.05, 3.63) is 28.8 Å². The summed E-state index contributed by atoms with van der Waals surface area (Å²) >= 11 is 3.05. The fourth-order valence-electron chi connectivity index (χ4n) is 1.44. The number of nitrogens with zero attached hydrogens (tertiary/aromatic N) is 2. The van der Waals surface area contributed by atoms with Crippen molar-refractivity contribution in [1.82, 2.24) is 4.90 Å². The van der Waals surface area contributed by atoms with Gasteiger partial charge in [-0.15, -0.1) is 0 Å². The molecule has 110 valence electrons. The second-order valence-corrected chi connectivity index (χ2v) is 5.30. The molecule has 0 saturated heterocycles. The minimum atomic E-state index is -2.82. The van der Waals surface area contributed by atoms with E-state index in [0.29, 0.717) is 4.31 Å². The number of carbonyl (C=O) groups excluding carboxylic acids is 1. The number of hydrogen-bond donors (Lipinski definition) is 1. The van der Waals surface area contributed by atoms with E-state index in [4.69, 9.17) is 16.7 Å². The Bertz CT molecular complexity index is 564. The van der Waals surface area contributed by atoms with Gasteiger partial charge >= 0.3 is 5.97 Å². The highest BCUT2D eigenvalue weighted by Crippen LogP contribution is 2.28. The van der Waals surface area contributed by atoms with Crippen molar-refractivity contribution >= 4 is 40.4 Å². The molecule has 0 aromatic heterocycles. The van der Waals surface area contributed by atoms with E-state index >= 15 is 0 Å². The second kappa shape index (κ2) is 6.69. The number of carboxylic acids is 1. The fraction of sp³-hybridized carbons (Fsp3) is 0.273. The molecule has 0 aliphatic rings. The van der Waals surface area contributed by atoms with E-state index in [1.165, 1.54) is 37.2 Å². The molecule has 0 bridgehead atoms. The van der Waals surface area contributed by atoms with Crippen molar-refractivity contribution in [2.45, 2.75) is 0 Å². The van der Waals surface area contributed by atoms with Gasteiger partial charge < -0.3 is 14.6 Å². The van der Waals surface area contributed by atoms with Crippen LogP contribution in [-0.2, 0) is 16.1 Å². The highest BCUT2D eigenvalue weighted by Gasteiger charge is 2.18. The number of carbonyl (C=O) groups is 2. The smallest absolute Gasteiger partial charge is 0.324 e. The number of benzene rings is 1. The summed E-state index contributed by atoms with van der Waals surface area (Å²) in [6.07, 6.45) is 0. The van der Waals surface area contributed by atoms with Crippen LogP contribution in [0.25, 0.3) is 0 Å². The molecule has 1 aromatic rings. The van der Waals surface area contributed by atoms with Gasteiger partial charge in [-0.25, -0.2) is 0 Å². The third-order valence-corrected chi connectivity index (χ3v) is 3.33. The van der Waals surface area contributed by atoms with E-state index in [1.54, 1.807) is 0 Å². The maximum absolute atomic E-state index is 11.8. The quantitative estimate of drug-likeness (QED) is 0.806. The van der Waals surface area contributed by atoms with Crippen molar-refractivity contribution < 1.29 is 23.5 Å². The van der Waals surface area contributed by atoms with Crippen LogP contribution in [0.3, 0.4) is 0 Å². The molecular weight excluding hydrogens is 308 g/mol. The van der Waals surface area contributed by atoms with Gasteiger partial charge in [-0.1, -0.05) is 11.6 Å². The Morgan fingerprint density at radius 2 is 2.00 bits per heavy atom. The maximum Gasteiger partial charge on any atom is 0.324 e. The van der Waals surface area contributed by atoms with E-state index < -0.39 is 23.8 Å². The molecule has 9 heteroatoms. The van der Waals surface area contributed by atoms with Crippen LogP contribution in [0, 0.1) is 0 Å². The number of anilines is 1. The van der Waals surface area contributed by atoms with Gasteiger partial charge in [-0.05, 0) is 18.2 Å². The van der Waals surface area contributed by atoms with Gasteiger partial charge in [0.15, 0.2) is 0 Å². The highest BCUT2D eigenvalue weighted by atomic mass is 35.5. The summed E-state index contributed by atoms with van der Waals surface area (Å²) in [4.78, 5) is 23.8. The highest BCUT2D eigenvalue weighted by molar-refractivity contribution is 7.80. The summed E-state index contributed by atoms with van der Waals surface area (Å²) in [7, 11) is 3.08. The first-order valence-corrected chi connectivity index (χ1v) is 6.75. The van der Waals surface area contributed by atoms with Crippen LogP contribution in [0.1, 0.15) is 10.4 Å². The summed E-state index contributed by atoms with van der Waals surface area (Å²) in [6.45, 7) is -0.782. The standard InChI is InChI=1S/C11H13ClN2O5S/c1-13(2)11(17)7-3-4-8(12)9(5-7)14(20(18)19)6-10(15)16/h3-5H,6H2,1-2H3,(H,15,16)(H,18,19)/p-1. The van der Waals surface area contributed by atoms with Crippen LogP contribution in [0.5, 0.6) is 0 Å². The zero-order valence-corrected chi connectivity index (χ0v) is 12.3. The molecule has 0 aliphatic heterocycles. The maximum atomic E-state index is 11.8. The Hall–Kier alpha value is -1.64. The molecule has 0 radical (unpaired) electrons. The lowest BCUT2D eigenvalue weighted by molar-refractivity contribution is -0.135. The molecule has 1 N–H and O–H groups in total. The van der Waals surface area contributed by atoms with Crippen LogP contribution in [0.2, 0.25) is 5.02 Å². The van der Waals surface area contributed by atoms with Gasteiger partial charge in [0.2, 0.25) is 0 Å². The molecule has 20 heavy (non-hydrogen) atoms. The first-order valence-electron chi connectivity index (χ1n) is 5.34. The Morgan fingerprint density at radius 1 is 1.40 bits per heavy atom. The normalized spacial score (nSPS) is 11.8. The molecule has 1 rings (SSSR count). The van der Waals surface area contributed by atoms with E-state index in [0.717, 1.165) is 0 Å². The lowest BCUT2D eigenvalue weighted by atomic mass is 10.2. The van der Waals surface area contributed by atoms with Crippen LogP contribution in [0.15, 0.2) is 18.2 Å². The summed E-state index contributed by atoms with van der Waals surface area (Å²) in [5, 5.41) is 8.75. The third-order valence-electron chi connectivity index (χ3n) is 2.33. The number of rotatable bonds is 5. The van der Waals surface area contributed by atoms with Crippen LogP contribution in [-0.4, -0.2) is 51.3 Å². The topological polar surface area (TPSA) is 101 Å². The Kier molecular flexibility index (Phi) is 5.49. The van der Waals surface area contributed by atoms with Gasteiger partial charge in [0.05, 0.1) is 10.7 Å². The lowest BCUT2D eigenvalue weighted by Gasteiger charge is -2.26. The first-order chi connectivity index (χ1) is 9.23. The van der Waals surface area contributed by atoms with Crippen molar-refractivity contribution in [2.75, 3.05) is 24.9 Å². The SMILES string of the molecule is CN(C)C(=O)c1ccc(Cl)c(N(CC(=O)O)S(=O)[O-])c1. The fourth-order valence-corrected chi connectivity index (χ4v) is 2.23. The largest absolute Gasteiger partial charge is 0.755 e. The Labute approximate surface area is 123 Å². The van der Waals surface area contributed by atoms with Crippen LogP contribution >= 0.6 is 11.6 Å². The predicted octanol–water partition coefficient (Wildman–Crippen LogP) is 0.727. The summed E-state index contributed by atoms with van der Waals surface area (Å²) < 4.78 is 22.8. The summed E-state index contributed by atoms with van der Waals surface area (Å²) in [5.74, 6) is -1.69. The van der Waals surface area contributed by atoms with Gasteiger partial charge in [-0.3, -0.25) is 18.1 Å². The molecule has 0 fully saturated rings. The number of amides is 1. The van der Waals surface area contributed by atoms with Gasteiger partial charge in [0, 0.05) is 30.9 Å². The predicted molar refractivity (Wildman–Crippen MR) is 73.4 cm³/mol. The number of aliphatic carboxylic acids is 1. The van der Waals surface area contributed by atoms with Crippen molar-refractivity contribution in [3.8, 4) is 0 Å². The minimum Gasteiger partial charge on any atom is -0.755 e. The summed E-state index contributed by atoms with van der Waals surface area (Å²) in [5.41, 5.74) is 0.144. The minimum absolute atomic E-state index is 0.0331. The lowest BCUT2D eigenvalue weighted by Crippen LogP contribution is -2.32. The molecule has 7 nitrogen and oxygen atoms in total. The molecule has 1 unspecified atom stereocenters. The molecule has 1 aromatic carbocycles. The van der Waals surface area contributed by atoms with Crippen LogP contribution < -0.4 is 4.31 Å². The van der Waals surface area contributed by atoms with Crippen LogP contribution in [0.4, 0.5) is 5.69 Å². The third kappa shape index (κ3) is 3.92. The van der Waals surface area contributed by atoms with E-state index in [9.17, 15) is 18.4 Å². The van der Waals surface area contributed by atoms with Crippen molar-refractivity contribution in [2.24, 2.45) is 0 Å². The molecule has 0 saturated carbocycles. The molecular formula is C11H12ClN2O5S-. The molecule has 1 atom stereocenters. The average molecular weight is 320 g/mol. The average Bonchev–Trinajstić information content (AvgIpc) is 2.35. The molecule has 1 amide bonds. The monoisotopic (exact) mass is 319 g/mol. The van der Waals surface area contributed by atoms with Gasteiger partial charge in [0.1, 0.15) is 6.54 Å². The van der Waals surface area contributed by atoms with E-state index in [1.807, 2.05) is 0 Å².